The van der Waals surface area contributed by atoms with Gasteiger partial charge in [-0.15, -0.1) is 0 Å². The van der Waals surface area contributed by atoms with Gasteiger partial charge in [0.25, 0.3) is 5.91 Å². The number of allylic oxidation sites excluding steroid dienone is 1. The SMILES string of the molecule is NC(=O)c1ncc2c(n1)OC=CC2. The lowest BCUT2D eigenvalue weighted by Gasteiger charge is -2.09. The zero-order chi connectivity index (χ0) is 9.26. The van der Waals surface area contributed by atoms with Crippen molar-refractivity contribution >= 4 is 5.91 Å². The van der Waals surface area contributed by atoms with Crippen LogP contribution in [0.25, 0.3) is 0 Å². The van der Waals surface area contributed by atoms with Crippen molar-refractivity contribution in [2.75, 3.05) is 0 Å². The molecule has 0 saturated carbocycles. The number of amides is 1. The maximum atomic E-state index is 10.7. The van der Waals surface area contributed by atoms with Gasteiger partial charge in [-0.2, -0.15) is 4.98 Å². The van der Waals surface area contributed by atoms with Gasteiger partial charge in [0.05, 0.1) is 6.26 Å². The maximum Gasteiger partial charge on any atom is 0.286 e. The summed E-state index contributed by atoms with van der Waals surface area (Å²) in [6, 6.07) is 0. The lowest BCUT2D eigenvalue weighted by molar-refractivity contribution is 0.0989. The molecule has 66 valence electrons. The molecule has 5 nitrogen and oxygen atoms in total. The summed E-state index contributed by atoms with van der Waals surface area (Å²) in [6.07, 6.45) is 5.63. The van der Waals surface area contributed by atoms with Crippen LogP contribution < -0.4 is 10.5 Å². The zero-order valence-electron chi connectivity index (χ0n) is 6.73. The second-order valence-corrected chi connectivity index (χ2v) is 2.58. The first kappa shape index (κ1) is 7.72. The fourth-order valence-electron chi connectivity index (χ4n) is 1.04. The second kappa shape index (κ2) is 2.85. The molecule has 0 bridgehead atoms. The normalized spacial score (nSPS) is 13.2. The molecular formula is C8H7N3O2. The van der Waals surface area contributed by atoms with E-state index in [0.29, 0.717) is 12.3 Å². The fraction of sp³-hybridized carbons (Fsp3) is 0.125. The van der Waals surface area contributed by atoms with Crippen LogP contribution in [0.4, 0.5) is 0 Å². The topological polar surface area (TPSA) is 78.1 Å². The Morgan fingerprint density at radius 1 is 1.62 bits per heavy atom. The molecule has 0 fully saturated rings. The largest absolute Gasteiger partial charge is 0.447 e. The first-order chi connectivity index (χ1) is 6.27. The lowest BCUT2D eigenvalue weighted by atomic mass is 10.2. The minimum Gasteiger partial charge on any atom is -0.447 e. The molecule has 1 aromatic heterocycles. The molecule has 0 aromatic carbocycles. The Morgan fingerprint density at radius 3 is 3.23 bits per heavy atom. The highest BCUT2D eigenvalue weighted by Crippen LogP contribution is 2.19. The van der Waals surface area contributed by atoms with E-state index in [1.165, 1.54) is 6.26 Å². The van der Waals surface area contributed by atoms with Crippen molar-refractivity contribution in [1.29, 1.82) is 0 Å². The van der Waals surface area contributed by atoms with Crippen molar-refractivity contribution in [1.82, 2.24) is 9.97 Å². The van der Waals surface area contributed by atoms with E-state index in [4.69, 9.17) is 10.5 Å². The third-order valence-corrected chi connectivity index (χ3v) is 1.66. The second-order valence-electron chi connectivity index (χ2n) is 2.58. The summed E-state index contributed by atoms with van der Waals surface area (Å²) in [5.41, 5.74) is 5.86. The fourth-order valence-corrected chi connectivity index (χ4v) is 1.04. The summed E-state index contributed by atoms with van der Waals surface area (Å²) in [7, 11) is 0. The van der Waals surface area contributed by atoms with E-state index in [9.17, 15) is 4.79 Å². The van der Waals surface area contributed by atoms with E-state index in [1.807, 2.05) is 6.08 Å². The molecule has 1 aliphatic rings. The van der Waals surface area contributed by atoms with Gasteiger partial charge in [-0.1, -0.05) is 0 Å². The number of primary amides is 1. The van der Waals surface area contributed by atoms with Crippen molar-refractivity contribution in [2.24, 2.45) is 5.73 Å². The number of rotatable bonds is 1. The van der Waals surface area contributed by atoms with E-state index in [1.54, 1.807) is 6.20 Å². The summed E-state index contributed by atoms with van der Waals surface area (Å²) in [4.78, 5) is 18.4. The van der Waals surface area contributed by atoms with Crippen LogP contribution in [0.3, 0.4) is 0 Å². The van der Waals surface area contributed by atoms with Gasteiger partial charge in [-0.05, 0) is 6.08 Å². The number of carbonyl (C=O) groups excluding carboxylic acids is 1. The number of ether oxygens (including phenoxy) is 1. The maximum absolute atomic E-state index is 10.7. The van der Waals surface area contributed by atoms with Crippen molar-refractivity contribution in [3.05, 3.63) is 29.9 Å². The van der Waals surface area contributed by atoms with Gasteiger partial charge in [0, 0.05) is 18.2 Å². The molecular weight excluding hydrogens is 170 g/mol. The van der Waals surface area contributed by atoms with Gasteiger partial charge in [0.2, 0.25) is 11.7 Å². The quantitative estimate of drug-likeness (QED) is 0.656. The van der Waals surface area contributed by atoms with Crippen molar-refractivity contribution in [2.45, 2.75) is 6.42 Å². The van der Waals surface area contributed by atoms with Crippen LogP contribution in [-0.4, -0.2) is 15.9 Å². The van der Waals surface area contributed by atoms with Crippen LogP contribution in [0.2, 0.25) is 0 Å². The van der Waals surface area contributed by atoms with Crippen LogP contribution in [0.15, 0.2) is 18.5 Å². The Hall–Kier alpha value is -1.91. The number of carbonyl (C=O) groups is 1. The molecule has 0 saturated heterocycles. The molecule has 0 spiro atoms. The Balaban J connectivity index is 2.44. The van der Waals surface area contributed by atoms with E-state index in [2.05, 4.69) is 9.97 Å². The highest BCUT2D eigenvalue weighted by Gasteiger charge is 2.12. The van der Waals surface area contributed by atoms with E-state index in [-0.39, 0.29) is 5.82 Å². The number of hydrogen-bond donors (Lipinski definition) is 1. The monoisotopic (exact) mass is 177 g/mol. The lowest BCUT2D eigenvalue weighted by Crippen LogP contribution is -2.16. The summed E-state index contributed by atoms with van der Waals surface area (Å²) in [5.74, 6) is -0.263. The summed E-state index contributed by atoms with van der Waals surface area (Å²) in [5, 5.41) is 0. The van der Waals surface area contributed by atoms with E-state index in [0.717, 1.165) is 5.56 Å². The van der Waals surface area contributed by atoms with Crippen LogP contribution >= 0.6 is 0 Å². The summed E-state index contributed by atoms with van der Waals surface area (Å²) >= 11 is 0. The van der Waals surface area contributed by atoms with Crippen molar-refractivity contribution in [3.63, 3.8) is 0 Å². The van der Waals surface area contributed by atoms with Gasteiger partial charge in [-0.25, -0.2) is 4.98 Å². The first-order valence-corrected chi connectivity index (χ1v) is 3.75. The smallest absolute Gasteiger partial charge is 0.286 e. The molecule has 0 atom stereocenters. The minimum atomic E-state index is -0.652. The predicted molar refractivity (Wildman–Crippen MR) is 44.0 cm³/mol. The number of aromatic nitrogens is 2. The Bertz CT molecular complexity index is 387. The van der Waals surface area contributed by atoms with Gasteiger partial charge in [-0.3, -0.25) is 4.79 Å². The molecule has 5 heteroatoms. The minimum absolute atomic E-state index is 0.0194. The van der Waals surface area contributed by atoms with Gasteiger partial charge in [0.15, 0.2) is 0 Å². The number of fused-ring (bicyclic) bond motifs is 1. The highest BCUT2D eigenvalue weighted by molar-refractivity contribution is 5.88. The third-order valence-electron chi connectivity index (χ3n) is 1.66. The van der Waals surface area contributed by atoms with Crippen molar-refractivity contribution in [3.8, 4) is 5.88 Å². The average molecular weight is 177 g/mol. The van der Waals surface area contributed by atoms with Gasteiger partial charge >= 0.3 is 0 Å². The number of nitrogens with two attached hydrogens (primary N) is 1. The van der Waals surface area contributed by atoms with E-state index < -0.39 is 5.91 Å². The average Bonchev–Trinajstić information content (AvgIpc) is 2.17. The molecule has 1 aliphatic heterocycles. The Kier molecular flexibility index (Phi) is 1.70. The standard InChI is InChI=1S/C8H7N3O2/c9-6(12)7-10-4-5-2-1-3-13-8(5)11-7/h1,3-4H,2H2,(H2,9,12). The molecule has 1 aromatic rings. The van der Waals surface area contributed by atoms with Crippen LogP contribution in [-0.2, 0) is 6.42 Å². The Morgan fingerprint density at radius 2 is 2.46 bits per heavy atom. The Labute approximate surface area is 74.2 Å². The zero-order valence-corrected chi connectivity index (χ0v) is 6.73. The summed E-state index contributed by atoms with van der Waals surface area (Å²) < 4.78 is 5.07. The van der Waals surface area contributed by atoms with Crippen molar-refractivity contribution < 1.29 is 9.53 Å². The first-order valence-electron chi connectivity index (χ1n) is 3.75. The highest BCUT2D eigenvalue weighted by atomic mass is 16.5. The third kappa shape index (κ3) is 1.35. The molecule has 13 heavy (non-hydrogen) atoms. The molecule has 2 heterocycles. The number of nitrogens with zero attached hydrogens (tertiary/aromatic N) is 2. The number of hydrogen-bond acceptors (Lipinski definition) is 4. The summed E-state index contributed by atoms with van der Waals surface area (Å²) in [6.45, 7) is 0. The molecule has 2 rings (SSSR count). The molecule has 0 aliphatic carbocycles. The molecule has 0 radical (unpaired) electrons. The molecule has 2 N–H and O–H groups in total. The van der Waals surface area contributed by atoms with E-state index >= 15 is 0 Å². The van der Waals surface area contributed by atoms with Gasteiger partial charge < -0.3 is 10.5 Å². The van der Waals surface area contributed by atoms with Crippen LogP contribution in [0.5, 0.6) is 5.88 Å². The van der Waals surface area contributed by atoms with Crippen LogP contribution in [0, 0.1) is 0 Å². The van der Waals surface area contributed by atoms with Gasteiger partial charge in [0.1, 0.15) is 0 Å². The molecule has 1 amide bonds. The molecule has 0 unspecified atom stereocenters. The van der Waals surface area contributed by atoms with Crippen LogP contribution in [0.1, 0.15) is 16.2 Å². The predicted octanol–water partition coefficient (Wildman–Crippen LogP) is 0.0241.